The summed E-state index contributed by atoms with van der Waals surface area (Å²) in [7, 11) is 0. The lowest BCUT2D eigenvalue weighted by Gasteiger charge is -2.15. The molecule has 0 fully saturated rings. The molecule has 1 atom stereocenters. The molecule has 0 radical (unpaired) electrons. The molecule has 0 saturated heterocycles. The molecule has 114 valence electrons. The monoisotopic (exact) mass is 290 g/mol. The molecule has 0 aliphatic heterocycles. The SMILES string of the molecule is CCCCCC(CO)COc1ccc(C(F)(F)F)cc1. The van der Waals surface area contributed by atoms with Crippen molar-refractivity contribution >= 4 is 0 Å². The lowest BCUT2D eigenvalue weighted by molar-refractivity contribution is -0.137. The molecule has 5 heteroatoms. The van der Waals surface area contributed by atoms with Crippen molar-refractivity contribution < 1.29 is 23.0 Å². The quantitative estimate of drug-likeness (QED) is 0.724. The van der Waals surface area contributed by atoms with Crippen LogP contribution >= 0.6 is 0 Å². The first-order valence-corrected chi connectivity index (χ1v) is 6.88. The predicted octanol–water partition coefficient (Wildman–Crippen LogP) is 4.27. The second-order valence-corrected chi connectivity index (χ2v) is 4.88. The molecule has 0 spiro atoms. The zero-order valence-corrected chi connectivity index (χ0v) is 11.6. The second kappa shape index (κ2) is 8.15. The van der Waals surface area contributed by atoms with Gasteiger partial charge in [-0.05, 0) is 30.7 Å². The van der Waals surface area contributed by atoms with Crippen LogP contribution in [-0.2, 0) is 6.18 Å². The van der Waals surface area contributed by atoms with E-state index in [1.165, 1.54) is 12.1 Å². The first-order valence-electron chi connectivity index (χ1n) is 6.88. The highest BCUT2D eigenvalue weighted by atomic mass is 19.4. The van der Waals surface area contributed by atoms with E-state index >= 15 is 0 Å². The van der Waals surface area contributed by atoms with Crippen LogP contribution in [0.3, 0.4) is 0 Å². The van der Waals surface area contributed by atoms with Crippen LogP contribution in [0.2, 0.25) is 0 Å². The summed E-state index contributed by atoms with van der Waals surface area (Å²) >= 11 is 0. The van der Waals surface area contributed by atoms with Gasteiger partial charge in [0.25, 0.3) is 0 Å². The molecule has 0 saturated carbocycles. The molecule has 0 aromatic heterocycles. The fourth-order valence-corrected chi connectivity index (χ4v) is 1.86. The Kier molecular flexibility index (Phi) is 6.85. The Morgan fingerprint density at radius 2 is 1.80 bits per heavy atom. The van der Waals surface area contributed by atoms with Crippen molar-refractivity contribution in [1.29, 1.82) is 0 Å². The summed E-state index contributed by atoms with van der Waals surface area (Å²) < 4.78 is 42.6. The highest BCUT2D eigenvalue weighted by Gasteiger charge is 2.30. The zero-order chi connectivity index (χ0) is 15.0. The predicted molar refractivity (Wildman–Crippen MR) is 71.7 cm³/mol. The van der Waals surface area contributed by atoms with Crippen LogP contribution in [0.25, 0.3) is 0 Å². The number of rotatable bonds is 8. The molecular formula is C15H21F3O2. The highest BCUT2D eigenvalue weighted by Crippen LogP contribution is 2.30. The van der Waals surface area contributed by atoms with Crippen LogP contribution in [0.5, 0.6) is 5.75 Å². The van der Waals surface area contributed by atoms with Crippen molar-refractivity contribution in [2.75, 3.05) is 13.2 Å². The van der Waals surface area contributed by atoms with Crippen LogP contribution in [0.15, 0.2) is 24.3 Å². The Morgan fingerprint density at radius 1 is 1.15 bits per heavy atom. The van der Waals surface area contributed by atoms with Crippen molar-refractivity contribution in [3.8, 4) is 5.75 Å². The van der Waals surface area contributed by atoms with E-state index in [2.05, 4.69) is 6.92 Å². The van der Waals surface area contributed by atoms with E-state index in [4.69, 9.17) is 4.74 Å². The summed E-state index contributed by atoms with van der Waals surface area (Å²) in [6.45, 7) is 2.46. The number of unbranched alkanes of at least 4 members (excludes halogenated alkanes) is 2. The van der Waals surface area contributed by atoms with Crippen LogP contribution in [0, 0.1) is 5.92 Å². The average Bonchev–Trinajstić information content (AvgIpc) is 2.42. The molecule has 1 aromatic rings. The molecule has 0 aliphatic carbocycles. The highest BCUT2D eigenvalue weighted by molar-refractivity contribution is 5.28. The van der Waals surface area contributed by atoms with Gasteiger partial charge in [-0.1, -0.05) is 26.2 Å². The summed E-state index contributed by atoms with van der Waals surface area (Å²) in [5.74, 6) is 0.427. The number of hydrogen-bond acceptors (Lipinski definition) is 2. The van der Waals surface area contributed by atoms with Gasteiger partial charge >= 0.3 is 6.18 Å². The van der Waals surface area contributed by atoms with E-state index in [9.17, 15) is 18.3 Å². The van der Waals surface area contributed by atoms with Gasteiger partial charge < -0.3 is 9.84 Å². The first kappa shape index (κ1) is 16.8. The number of hydrogen-bond donors (Lipinski definition) is 1. The van der Waals surface area contributed by atoms with Gasteiger partial charge in [0.05, 0.1) is 12.2 Å². The second-order valence-electron chi connectivity index (χ2n) is 4.88. The summed E-state index contributed by atoms with van der Waals surface area (Å²) in [6, 6.07) is 4.62. The Labute approximate surface area is 117 Å². The van der Waals surface area contributed by atoms with Gasteiger partial charge in [0.15, 0.2) is 0 Å². The lowest BCUT2D eigenvalue weighted by Crippen LogP contribution is -2.16. The third-order valence-corrected chi connectivity index (χ3v) is 3.14. The molecular weight excluding hydrogens is 269 g/mol. The number of halogens is 3. The molecule has 1 N–H and O–H groups in total. The third-order valence-electron chi connectivity index (χ3n) is 3.14. The first-order chi connectivity index (χ1) is 9.47. The number of aliphatic hydroxyl groups excluding tert-OH is 1. The Balaban J connectivity index is 2.44. The van der Waals surface area contributed by atoms with Crippen molar-refractivity contribution in [2.45, 2.75) is 38.8 Å². The number of ether oxygens (including phenoxy) is 1. The molecule has 2 nitrogen and oxygen atoms in total. The maximum Gasteiger partial charge on any atom is 0.416 e. The van der Waals surface area contributed by atoms with Gasteiger partial charge in [-0.15, -0.1) is 0 Å². The molecule has 0 amide bonds. The van der Waals surface area contributed by atoms with Crippen LogP contribution < -0.4 is 4.74 Å². The van der Waals surface area contributed by atoms with Crippen LogP contribution in [0.4, 0.5) is 13.2 Å². The maximum absolute atomic E-state index is 12.4. The summed E-state index contributed by atoms with van der Waals surface area (Å²) in [6.07, 6.45) is -0.218. The van der Waals surface area contributed by atoms with Crippen molar-refractivity contribution in [2.24, 2.45) is 5.92 Å². The Morgan fingerprint density at radius 3 is 2.30 bits per heavy atom. The molecule has 0 aliphatic rings. The van der Waals surface area contributed by atoms with Crippen molar-refractivity contribution in [1.82, 2.24) is 0 Å². The third kappa shape index (κ3) is 5.82. The van der Waals surface area contributed by atoms with E-state index in [-0.39, 0.29) is 12.5 Å². The van der Waals surface area contributed by atoms with Gasteiger partial charge in [-0.3, -0.25) is 0 Å². The average molecular weight is 290 g/mol. The summed E-state index contributed by atoms with van der Waals surface area (Å²) in [5.41, 5.74) is -0.688. The molecule has 0 bridgehead atoms. The number of benzene rings is 1. The summed E-state index contributed by atoms with van der Waals surface area (Å²) in [4.78, 5) is 0. The maximum atomic E-state index is 12.4. The van der Waals surface area contributed by atoms with E-state index in [1.807, 2.05) is 0 Å². The topological polar surface area (TPSA) is 29.5 Å². The Bertz CT molecular complexity index is 374. The minimum absolute atomic E-state index is 0.0313. The van der Waals surface area contributed by atoms with Crippen molar-refractivity contribution in [3.05, 3.63) is 29.8 Å². The van der Waals surface area contributed by atoms with Gasteiger partial charge in [0.1, 0.15) is 5.75 Å². The molecule has 0 heterocycles. The van der Waals surface area contributed by atoms with Crippen LogP contribution in [0.1, 0.15) is 38.2 Å². The largest absolute Gasteiger partial charge is 0.493 e. The van der Waals surface area contributed by atoms with E-state index in [0.29, 0.717) is 12.4 Å². The van der Waals surface area contributed by atoms with Gasteiger partial charge in [-0.2, -0.15) is 13.2 Å². The van der Waals surface area contributed by atoms with Gasteiger partial charge in [0, 0.05) is 12.5 Å². The molecule has 20 heavy (non-hydrogen) atoms. The zero-order valence-electron chi connectivity index (χ0n) is 11.6. The normalized spacial score (nSPS) is 13.2. The standard InChI is InChI=1S/C15H21F3O2/c1-2-3-4-5-12(10-19)11-20-14-8-6-13(7-9-14)15(16,17)18/h6-9,12,19H,2-5,10-11H2,1H3. The van der Waals surface area contributed by atoms with E-state index < -0.39 is 11.7 Å². The molecule has 1 aromatic carbocycles. The fraction of sp³-hybridized carbons (Fsp3) is 0.600. The summed E-state index contributed by atoms with van der Waals surface area (Å²) in [5, 5.41) is 9.23. The Hall–Kier alpha value is -1.23. The van der Waals surface area contributed by atoms with Gasteiger partial charge in [0.2, 0.25) is 0 Å². The van der Waals surface area contributed by atoms with Crippen molar-refractivity contribution in [3.63, 3.8) is 0 Å². The minimum Gasteiger partial charge on any atom is -0.493 e. The molecule has 1 rings (SSSR count). The minimum atomic E-state index is -4.33. The van der Waals surface area contributed by atoms with E-state index in [1.54, 1.807) is 0 Å². The fourth-order valence-electron chi connectivity index (χ4n) is 1.86. The lowest BCUT2D eigenvalue weighted by atomic mass is 10.0. The number of aliphatic hydroxyl groups is 1. The van der Waals surface area contributed by atoms with Crippen LogP contribution in [-0.4, -0.2) is 18.3 Å². The molecule has 1 unspecified atom stereocenters. The van der Waals surface area contributed by atoms with Gasteiger partial charge in [-0.25, -0.2) is 0 Å². The van der Waals surface area contributed by atoms with E-state index in [0.717, 1.165) is 37.8 Å². The smallest absolute Gasteiger partial charge is 0.416 e. The number of alkyl halides is 3.